The smallest absolute Gasteiger partial charge is 0.124 e. The molecule has 0 amide bonds. The number of benzene rings is 4. The molecular formula is C24H18ClFNP. The molecule has 0 bridgehead atoms. The average molecular weight is 406 g/mol. The molecule has 0 aliphatic heterocycles. The van der Waals surface area contributed by atoms with E-state index in [0.29, 0.717) is 5.02 Å². The third-order valence-electron chi connectivity index (χ3n) is 4.35. The van der Waals surface area contributed by atoms with Gasteiger partial charge in [-0.1, -0.05) is 72.3 Å². The summed E-state index contributed by atoms with van der Waals surface area (Å²) in [5, 5.41) is 7.41. The van der Waals surface area contributed by atoms with Crippen molar-refractivity contribution in [3.63, 3.8) is 0 Å². The highest BCUT2D eigenvalue weighted by molar-refractivity contribution is 7.80. The zero-order chi connectivity index (χ0) is 19.3. The van der Waals surface area contributed by atoms with E-state index < -0.39 is 7.92 Å². The predicted octanol–water partition coefficient (Wildman–Crippen LogP) is 5.98. The summed E-state index contributed by atoms with van der Waals surface area (Å²) in [6.45, 7) is 0. The second-order valence-corrected chi connectivity index (χ2v) is 8.92. The SMILES string of the molecule is Fc1ccc(Nc2ccc(Cl)cc2)c(P(c2ccccc2)c2ccccc2)c1. The van der Waals surface area contributed by atoms with Crippen molar-refractivity contribution in [2.45, 2.75) is 0 Å². The fraction of sp³-hybridized carbons (Fsp3) is 0. The van der Waals surface area contributed by atoms with Gasteiger partial charge < -0.3 is 5.32 Å². The lowest BCUT2D eigenvalue weighted by Crippen LogP contribution is -2.23. The summed E-state index contributed by atoms with van der Waals surface area (Å²) in [6, 6.07) is 33.0. The largest absolute Gasteiger partial charge is 0.355 e. The normalized spacial score (nSPS) is 10.8. The van der Waals surface area contributed by atoms with Crippen molar-refractivity contribution < 1.29 is 4.39 Å². The summed E-state index contributed by atoms with van der Waals surface area (Å²) in [5.41, 5.74) is 1.80. The number of rotatable bonds is 5. The van der Waals surface area contributed by atoms with Gasteiger partial charge in [0.1, 0.15) is 5.82 Å². The summed E-state index contributed by atoms with van der Waals surface area (Å²) in [7, 11) is -0.914. The Kier molecular flexibility index (Phi) is 5.71. The van der Waals surface area contributed by atoms with Crippen LogP contribution in [0.2, 0.25) is 5.02 Å². The molecule has 0 unspecified atom stereocenters. The summed E-state index contributed by atoms with van der Waals surface area (Å²) in [6.07, 6.45) is 0. The summed E-state index contributed by atoms with van der Waals surface area (Å²) in [5.74, 6) is -0.240. The highest BCUT2D eigenvalue weighted by Gasteiger charge is 2.20. The first-order chi connectivity index (χ1) is 13.7. The first-order valence-corrected chi connectivity index (χ1v) is 10.6. The van der Waals surface area contributed by atoms with Crippen molar-refractivity contribution in [1.29, 1.82) is 0 Å². The van der Waals surface area contributed by atoms with Gasteiger partial charge in [-0.15, -0.1) is 0 Å². The Labute approximate surface area is 170 Å². The molecule has 0 fully saturated rings. The molecule has 1 nitrogen and oxygen atoms in total. The summed E-state index contributed by atoms with van der Waals surface area (Å²) in [4.78, 5) is 0. The minimum absolute atomic E-state index is 0.240. The molecule has 4 heteroatoms. The van der Waals surface area contributed by atoms with Crippen molar-refractivity contribution in [3.05, 3.63) is 114 Å². The second-order valence-electron chi connectivity index (χ2n) is 6.30. The Balaban J connectivity index is 1.84. The van der Waals surface area contributed by atoms with Gasteiger partial charge in [0.2, 0.25) is 0 Å². The van der Waals surface area contributed by atoms with Gasteiger partial charge in [-0.25, -0.2) is 4.39 Å². The van der Waals surface area contributed by atoms with Gasteiger partial charge in [0.25, 0.3) is 0 Å². The Bertz CT molecular complexity index is 1010. The standard InChI is InChI=1S/C24H18ClFNP/c25-18-11-14-20(15-12-18)27-23-16-13-19(26)17-24(23)28(21-7-3-1-4-8-21)22-9-5-2-6-10-22/h1-17,27H. The molecule has 138 valence electrons. The van der Waals surface area contributed by atoms with Crippen LogP contribution in [-0.2, 0) is 0 Å². The van der Waals surface area contributed by atoms with Crippen molar-refractivity contribution >= 4 is 46.8 Å². The van der Waals surface area contributed by atoms with Crippen LogP contribution >= 0.6 is 19.5 Å². The van der Waals surface area contributed by atoms with Gasteiger partial charge in [0.05, 0.1) is 0 Å². The first kappa shape index (κ1) is 18.7. The molecule has 1 N–H and O–H groups in total. The van der Waals surface area contributed by atoms with Crippen LogP contribution in [0.1, 0.15) is 0 Å². The number of anilines is 2. The van der Waals surface area contributed by atoms with Gasteiger partial charge in [-0.2, -0.15) is 0 Å². The van der Waals surface area contributed by atoms with Crippen molar-refractivity contribution in [2.24, 2.45) is 0 Å². The van der Waals surface area contributed by atoms with E-state index in [1.54, 1.807) is 12.1 Å². The van der Waals surface area contributed by atoms with E-state index in [9.17, 15) is 4.39 Å². The lowest BCUT2D eigenvalue weighted by atomic mass is 10.2. The summed E-state index contributed by atoms with van der Waals surface area (Å²) < 4.78 is 14.3. The summed E-state index contributed by atoms with van der Waals surface area (Å²) >= 11 is 6.00. The monoisotopic (exact) mass is 405 g/mol. The van der Waals surface area contributed by atoms with Crippen LogP contribution in [-0.4, -0.2) is 0 Å². The number of nitrogens with one attached hydrogen (secondary N) is 1. The van der Waals surface area contributed by atoms with Gasteiger partial charge in [-0.3, -0.25) is 0 Å². The Morgan fingerprint density at radius 2 is 1.25 bits per heavy atom. The molecule has 4 aromatic carbocycles. The van der Waals surface area contributed by atoms with Crippen LogP contribution in [0.3, 0.4) is 0 Å². The minimum atomic E-state index is -0.914. The molecule has 0 atom stereocenters. The van der Waals surface area contributed by atoms with Crippen molar-refractivity contribution in [3.8, 4) is 0 Å². The first-order valence-electron chi connectivity index (χ1n) is 8.93. The maximum absolute atomic E-state index is 14.3. The molecule has 0 aromatic heterocycles. The topological polar surface area (TPSA) is 12.0 Å². The van der Waals surface area contributed by atoms with Crippen molar-refractivity contribution in [2.75, 3.05) is 5.32 Å². The molecule has 0 heterocycles. The Morgan fingerprint density at radius 3 is 1.82 bits per heavy atom. The molecular weight excluding hydrogens is 388 g/mol. The third-order valence-corrected chi connectivity index (χ3v) is 7.09. The maximum Gasteiger partial charge on any atom is 0.124 e. The minimum Gasteiger partial charge on any atom is -0.355 e. The van der Waals surface area contributed by atoms with E-state index in [1.165, 1.54) is 16.7 Å². The molecule has 0 saturated heterocycles. The quantitative estimate of drug-likeness (QED) is 0.403. The Morgan fingerprint density at radius 1 is 0.679 bits per heavy atom. The van der Waals surface area contributed by atoms with Crippen LogP contribution in [0.25, 0.3) is 0 Å². The van der Waals surface area contributed by atoms with Crippen LogP contribution in [0.4, 0.5) is 15.8 Å². The van der Waals surface area contributed by atoms with E-state index in [-0.39, 0.29) is 5.82 Å². The number of halogens is 2. The van der Waals surface area contributed by atoms with Crippen LogP contribution < -0.4 is 21.2 Å². The van der Waals surface area contributed by atoms with Crippen LogP contribution in [0.5, 0.6) is 0 Å². The molecule has 0 spiro atoms. The Hall–Kier alpha value is -2.67. The lowest BCUT2D eigenvalue weighted by molar-refractivity contribution is 0.629. The van der Waals surface area contributed by atoms with Gasteiger partial charge in [0, 0.05) is 21.7 Å². The molecule has 28 heavy (non-hydrogen) atoms. The molecule has 0 aliphatic rings. The molecule has 4 aromatic rings. The zero-order valence-corrected chi connectivity index (χ0v) is 16.7. The average Bonchev–Trinajstić information content (AvgIpc) is 2.73. The van der Waals surface area contributed by atoms with E-state index in [1.807, 2.05) is 60.7 Å². The third kappa shape index (κ3) is 4.25. The molecule has 0 aliphatic carbocycles. The lowest BCUT2D eigenvalue weighted by Gasteiger charge is -2.23. The van der Waals surface area contributed by atoms with Crippen LogP contribution in [0.15, 0.2) is 103 Å². The molecule has 4 rings (SSSR count). The zero-order valence-electron chi connectivity index (χ0n) is 15.0. The second kappa shape index (κ2) is 8.56. The van der Waals surface area contributed by atoms with Gasteiger partial charge in [-0.05, 0) is 61.0 Å². The van der Waals surface area contributed by atoms with Crippen LogP contribution in [0, 0.1) is 5.82 Å². The molecule has 0 saturated carbocycles. The molecule has 0 radical (unpaired) electrons. The fourth-order valence-electron chi connectivity index (χ4n) is 3.07. The van der Waals surface area contributed by atoms with E-state index >= 15 is 0 Å². The number of hydrogen-bond acceptors (Lipinski definition) is 1. The van der Waals surface area contributed by atoms with E-state index in [4.69, 9.17) is 11.6 Å². The predicted molar refractivity (Wildman–Crippen MR) is 120 cm³/mol. The fourth-order valence-corrected chi connectivity index (χ4v) is 5.61. The van der Waals surface area contributed by atoms with E-state index in [2.05, 4.69) is 29.6 Å². The highest BCUT2D eigenvalue weighted by atomic mass is 35.5. The number of hydrogen-bond donors (Lipinski definition) is 1. The maximum atomic E-state index is 14.3. The highest BCUT2D eigenvalue weighted by Crippen LogP contribution is 2.36. The van der Waals surface area contributed by atoms with E-state index in [0.717, 1.165) is 16.7 Å². The van der Waals surface area contributed by atoms with Gasteiger partial charge >= 0.3 is 0 Å². The van der Waals surface area contributed by atoms with Crippen molar-refractivity contribution in [1.82, 2.24) is 0 Å². The van der Waals surface area contributed by atoms with Gasteiger partial charge in [0.15, 0.2) is 0 Å².